The van der Waals surface area contributed by atoms with E-state index in [-0.39, 0.29) is 5.56 Å². The molecule has 0 bridgehead atoms. The molecule has 5 rings (SSSR count). The summed E-state index contributed by atoms with van der Waals surface area (Å²) in [5, 5.41) is 20.2. The van der Waals surface area contributed by atoms with Crippen molar-refractivity contribution in [3.63, 3.8) is 0 Å². The maximum atomic E-state index is 12.5. The second-order valence-corrected chi connectivity index (χ2v) is 8.97. The molecule has 0 fully saturated rings. The quantitative estimate of drug-likeness (QED) is 0.290. The number of hydrogen-bond acceptors (Lipinski definition) is 7. The van der Waals surface area contributed by atoms with Gasteiger partial charge in [-0.15, -0.1) is 38.3 Å². The van der Waals surface area contributed by atoms with E-state index in [0.717, 1.165) is 27.9 Å². The maximum absolute atomic E-state index is 12.5. The molecule has 4 aromatic heterocycles. The van der Waals surface area contributed by atoms with E-state index in [1.165, 1.54) is 33.2 Å². The van der Waals surface area contributed by atoms with Crippen LogP contribution >= 0.6 is 23.1 Å². The summed E-state index contributed by atoms with van der Waals surface area (Å²) in [7, 11) is 1.72. The van der Waals surface area contributed by atoms with Crippen LogP contribution in [0.15, 0.2) is 58.3 Å². The highest BCUT2D eigenvalue weighted by molar-refractivity contribution is 7.98. The van der Waals surface area contributed by atoms with Gasteiger partial charge in [-0.25, -0.2) is 0 Å². The van der Waals surface area contributed by atoms with Crippen molar-refractivity contribution in [1.82, 2.24) is 33.9 Å². The van der Waals surface area contributed by atoms with Gasteiger partial charge in [-0.05, 0) is 24.4 Å². The lowest BCUT2D eigenvalue weighted by atomic mass is 10.1. The van der Waals surface area contributed by atoms with E-state index in [1.807, 2.05) is 38.6 Å². The van der Waals surface area contributed by atoms with Crippen LogP contribution in [0.5, 0.6) is 0 Å². The molecule has 0 saturated carbocycles. The molecule has 0 aliphatic rings. The lowest BCUT2D eigenvalue weighted by molar-refractivity contribution is 0.730. The van der Waals surface area contributed by atoms with E-state index in [4.69, 9.17) is 0 Å². The Hall–Kier alpha value is -3.24. The number of rotatable bonds is 6. The second-order valence-electron chi connectivity index (χ2n) is 7.11. The van der Waals surface area contributed by atoms with Gasteiger partial charge in [0.25, 0.3) is 5.56 Å². The van der Waals surface area contributed by atoms with Crippen molar-refractivity contribution in [3.05, 3.63) is 70.1 Å². The van der Waals surface area contributed by atoms with E-state index < -0.39 is 0 Å². The van der Waals surface area contributed by atoms with Crippen molar-refractivity contribution < 1.29 is 0 Å². The van der Waals surface area contributed by atoms with Gasteiger partial charge in [-0.1, -0.05) is 41.6 Å². The van der Waals surface area contributed by atoms with Gasteiger partial charge in [0.2, 0.25) is 5.78 Å². The number of thioether (sulfide) groups is 1. The van der Waals surface area contributed by atoms with Gasteiger partial charge in [0.15, 0.2) is 11.0 Å². The molecule has 5 aromatic rings. The van der Waals surface area contributed by atoms with E-state index in [2.05, 4.69) is 46.0 Å². The number of aromatic nitrogens is 7. The molecule has 0 radical (unpaired) electrons. The molecule has 0 N–H and O–H groups in total. The zero-order valence-electron chi connectivity index (χ0n) is 17.0. The molecule has 156 valence electrons. The third-order valence-electron chi connectivity index (χ3n) is 5.03. The Labute approximate surface area is 185 Å². The number of aryl methyl sites for hydroxylation is 2. The monoisotopic (exact) mass is 449 g/mol. The first-order valence-electron chi connectivity index (χ1n) is 9.62. The van der Waals surface area contributed by atoms with Crippen molar-refractivity contribution in [1.29, 1.82) is 0 Å². The molecular formula is C21H19N7OS2. The zero-order valence-corrected chi connectivity index (χ0v) is 18.7. The van der Waals surface area contributed by atoms with Crippen LogP contribution in [0.3, 0.4) is 0 Å². The molecule has 4 heterocycles. The average molecular weight is 450 g/mol. The predicted octanol–water partition coefficient (Wildman–Crippen LogP) is 3.69. The third kappa shape index (κ3) is 3.28. The molecule has 0 unspecified atom stereocenters. The summed E-state index contributed by atoms with van der Waals surface area (Å²) in [6.45, 7) is 6.54. The Balaban J connectivity index is 1.53. The third-order valence-corrected chi connectivity index (χ3v) is 6.89. The second kappa shape index (κ2) is 7.78. The van der Waals surface area contributed by atoms with Crippen molar-refractivity contribution in [2.75, 3.05) is 0 Å². The fourth-order valence-electron chi connectivity index (χ4n) is 3.56. The minimum Gasteiger partial charge on any atom is -0.298 e. The first-order chi connectivity index (χ1) is 15.1. The summed E-state index contributed by atoms with van der Waals surface area (Å²) >= 11 is 2.96. The van der Waals surface area contributed by atoms with Crippen molar-refractivity contribution in [2.45, 2.75) is 24.4 Å². The van der Waals surface area contributed by atoms with Crippen molar-refractivity contribution in [3.8, 4) is 11.4 Å². The van der Waals surface area contributed by atoms with Gasteiger partial charge in [-0.3, -0.25) is 18.3 Å². The number of allylic oxidation sites excluding steroid dienone is 1. The van der Waals surface area contributed by atoms with Gasteiger partial charge in [-0.2, -0.15) is 0 Å². The fraction of sp³-hybridized carbons (Fsp3) is 0.190. The number of nitrogens with zero attached hydrogens (tertiary/aromatic N) is 7. The average Bonchev–Trinajstić information content (AvgIpc) is 3.49. The molecule has 10 heteroatoms. The van der Waals surface area contributed by atoms with Crippen LogP contribution in [-0.2, 0) is 19.3 Å². The van der Waals surface area contributed by atoms with Crippen molar-refractivity contribution in [2.24, 2.45) is 7.05 Å². The van der Waals surface area contributed by atoms with Crippen LogP contribution in [0.1, 0.15) is 11.4 Å². The van der Waals surface area contributed by atoms with Gasteiger partial charge in [0.05, 0.1) is 11.3 Å². The van der Waals surface area contributed by atoms with Gasteiger partial charge >= 0.3 is 0 Å². The van der Waals surface area contributed by atoms with Crippen LogP contribution < -0.4 is 5.56 Å². The lowest BCUT2D eigenvalue weighted by Gasteiger charge is -2.08. The smallest absolute Gasteiger partial charge is 0.272 e. The topological polar surface area (TPSA) is 82.9 Å². The van der Waals surface area contributed by atoms with E-state index >= 15 is 0 Å². The molecule has 0 atom stereocenters. The first-order valence-corrected chi connectivity index (χ1v) is 11.5. The molecule has 0 amide bonds. The van der Waals surface area contributed by atoms with E-state index in [1.54, 1.807) is 7.05 Å². The summed E-state index contributed by atoms with van der Waals surface area (Å²) in [6.07, 6.45) is 1.84. The summed E-state index contributed by atoms with van der Waals surface area (Å²) in [5.41, 5.74) is 2.96. The summed E-state index contributed by atoms with van der Waals surface area (Å²) < 4.78 is 6.22. The molecule has 8 nitrogen and oxygen atoms in total. The summed E-state index contributed by atoms with van der Waals surface area (Å²) in [4.78, 5) is 12.5. The number of thiophene rings is 1. The summed E-state index contributed by atoms with van der Waals surface area (Å²) in [6, 6.07) is 10.1. The van der Waals surface area contributed by atoms with Crippen LogP contribution in [0.2, 0.25) is 0 Å². The number of hydrogen-bond donors (Lipinski definition) is 0. The highest BCUT2D eigenvalue weighted by Gasteiger charge is 2.18. The van der Waals surface area contributed by atoms with Gasteiger partial charge in [0.1, 0.15) is 10.5 Å². The standard InChI is InChI=1S/C21H19N7OS2/c1-4-9-27-18(14-7-5-6-13(2)11-14)23-25-21(27)31-12-16-22-24-20-26(3)19(29)17-15(28(16)20)8-10-30-17/h4-8,10-11H,1,9,12H2,2-3H3. The molecule has 31 heavy (non-hydrogen) atoms. The normalized spacial score (nSPS) is 11.5. The molecule has 0 spiro atoms. The fourth-order valence-corrected chi connectivity index (χ4v) is 5.27. The molecule has 1 aromatic carbocycles. The summed E-state index contributed by atoms with van der Waals surface area (Å²) in [5.74, 6) is 2.62. The van der Waals surface area contributed by atoms with Crippen LogP contribution in [0, 0.1) is 6.92 Å². The molecule has 0 aliphatic carbocycles. The SMILES string of the molecule is C=CCn1c(SCc2nnc3n(C)c(=O)c4sccc4n23)nnc1-c1cccc(C)c1. The maximum Gasteiger partial charge on any atom is 0.272 e. The highest BCUT2D eigenvalue weighted by Crippen LogP contribution is 2.28. The Morgan fingerprint density at radius 2 is 2.06 bits per heavy atom. The minimum atomic E-state index is -0.0578. The highest BCUT2D eigenvalue weighted by atomic mass is 32.2. The zero-order chi connectivity index (χ0) is 21.5. The van der Waals surface area contributed by atoms with Crippen LogP contribution in [-0.4, -0.2) is 33.9 Å². The number of fused-ring (bicyclic) bond motifs is 3. The Morgan fingerprint density at radius 1 is 1.19 bits per heavy atom. The Bertz CT molecular complexity index is 1490. The number of benzene rings is 1. The van der Waals surface area contributed by atoms with Gasteiger partial charge in [0, 0.05) is 19.2 Å². The molecular weight excluding hydrogens is 430 g/mol. The Morgan fingerprint density at radius 3 is 2.87 bits per heavy atom. The predicted molar refractivity (Wildman–Crippen MR) is 124 cm³/mol. The largest absolute Gasteiger partial charge is 0.298 e. The molecule has 0 aliphatic heterocycles. The molecule has 0 saturated heterocycles. The first kappa shape index (κ1) is 19.7. The van der Waals surface area contributed by atoms with Gasteiger partial charge < -0.3 is 0 Å². The van der Waals surface area contributed by atoms with E-state index in [0.29, 0.717) is 22.8 Å². The Kier molecular flexibility index (Phi) is 4.95. The van der Waals surface area contributed by atoms with Crippen LogP contribution in [0.4, 0.5) is 0 Å². The lowest BCUT2D eigenvalue weighted by Crippen LogP contribution is -2.19. The van der Waals surface area contributed by atoms with Crippen LogP contribution in [0.25, 0.3) is 27.4 Å². The minimum absolute atomic E-state index is 0.0578. The van der Waals surface area contributed by atoms with Crippen molar-refractivity contribution >= 4 is 39.1 Å². The van der Waals surface area contributed by atoms with E-state index in [9.17, 15) is 4.79 Å².